The van der Waals surface area contributed by atoms with Gasteiger partial charge in [-0.15, -0.1) is 0 Å². The first kappa shape index (κ1) is 65.6. The summed E-state index contributed by atoms with van der Waals surface area (Å²) in [5.74, 6) is -1.34. The van der Waals surface area contributed by atoms with Gasteiger partial charge in [-0.2, -0.15) is 0 Å². The summed E-state index contributed by atoms with van der Waals surface area (Å²) in [5.41, 5.74) is 0. The van der Waals surface area contributed by atoms with Crippen LogP contribution in [0, 0.1) is 0 Å². The van der Waals surface area contributed by atoms with E-state index in [1.807, 2.05) is 24.3 Å². The van der Waals surface area contributed by atoms with Gasteiger partial charge in [0.25, 0.3) is 0 Å². The first-order chi connectivity index (χ1) is 34.7. The van der Waals surface area contributed by atoms with Crippen molar-refractivity contribution in [1.82, 2.24) is 5.32 Å². The standard InChI is InChI=1S/C60H101NO10/c1-4-7-10-13-16-19-22-25-26-27-28-30-33-36-39-42-45-48-55(65)71-58-57(67)56(66)54(49-62)70-60(58)69-50-51(52(63)46-43-40-37-34-32-29-23-20-17-14-11-8-5-2)61-59(68)53(64)47-44-41-38-35-31-24-21-18-15-12-9-6-3/h7,10,16,19,25-26,28,30-31,35-36,39,41,43-44,46,51-54,56-58,60,62-64,66-67H,4-6,8-9,11-15,17-18,20-24,27,29,32-34,37-38,40,42,45,47-50H2,1-3H3,(H,61,68)/b10-7-,19-16-,26-25-,30-28-,35-31-,39-36-,44-41+,46-43+. The number of allylic oxidation sites excluding steroid dienone is 14. The molecule has 0 saturated carbocycles. The summed E-state index contributed by atoms with van der Waals surface area (Å²) in [5, 5.41) is 56.6. The van der Waals surface area contributed by atoms with E-state index < -0.39 is 67.4 Å². The highest BCUT2D eigenvalue weighted by atomic mass is 16.7. The number of aliphatic hydroxyl groups is 5. The molecule has 0 aromatic heterocycles. The number of nitrogens with one attached hydrogen (secondary N) is 1. The zero-order chi connectivity index (χ0) is 51.8. The van der Waals surface area contributed by atoms with Crippen LogP contribution in [0.3, 0.4) is 0 Å². The summed E-state index contributed by atoms with van der Waals surface area (Å²) >= 11 is 0. The van der Waals surface area contributed by atoms with E-state index in [4.69, 9.17) is 14.2 Å². The number of hydrogen-bond acceptors (Lipinski definition) is 10. The van der Waals surface area contributed by atoms with E-state index >= 15 is 0 Å². The second-order valence-electron chi connectivity index (χ2n) is 18.9. The van der Waals surface area contributed by atoms with E-state index in [0.29, 0.717) is 19.3 Å². The van der Waals surface area contributed by atoms with Crippen molar-refractivity contribution in [2.75, 3.05) is 13.2 Å². The van der Waals surface area contributed by atoms with Crippen molar-refractivity contribution in [3.05, 3.63) is 97.2 Å². The number of carbonyl (C=O) groups excluding carboxylic acids is 2. The summed E-state index contributed by atoms with van der Waals surface area (Å²) in [6.45, 7) is 5.57. The van der Waals surface area contributed by atoms with Crippen molar-refractivity contribution in [2.24, 2.45) is 0 Å². The molecule has 6 N–H and O–H groups in total. The maximum Gasteiger partial charge on any atom is 0.306 e. The van der Waals surface area contributed by atoms with Gasteiger partial charge in [0, 0.05) is 12.8 Å². The molecule has 11 heteroatoms. The molecule has 1 aliphatic heterocycles. The molecule has 11 nitrogen and oxygen atoms in total. The van der Waals surface area contributed by atoms with Gasteiger partial charge in [0.05, 0.1) is 25.4 Å². The predicted octanol–water partition coefficient (Wildman–Crippen LogP) is 12.4. The Bertz CT molecular complexity index is 1520. The van der Waals surface area contributed by atoms with Crippen LogP contribution in [-0.4, -0.2) is 99.6 Å². The lowest BCUT2D eigenvalue weighted by Gasteiger charge is -2.41. The van der Waals surface area contributed by atoms with Gasteiger partial charge >= 0.3 is 5.97 Å². The number of carbonyl (C=O) groups is 2. The molecule has 0 aliphatic carbocycles. The van der Waals surface area contributed by atoms with Gasteiger partial charge in [-0.05, 0) is 77.0 Å². The first-order valence-corrected chi connectivity index (χ1v) is 28.0. The van der Waals surface area contributed by atoms with Crippen molar-refractivity contribution < 1.29 is 49.3 Å². The van der Waals surface area contributed by atoms with Crippen LogP contribution in [0.15, 0.2) is 97.2 Å². The smallest absolute Gasteiger partial charge is 0.306 e. The summed E-state index contributed by atoms with van der Waals surface area (Å²) < 4.78 is 17.5. The highest BCUT2D eigenvalue weighted by Crippen LogP contribution is 2.26. The Labute approximate surface area is 431 Å². The Morgan fingerprint density at radius 2 is 1.01 bits per heavy atom. The van der Waals surface area contributed by atoms with E-state index in [9.17, 15) is 35.1 Å². The topological polar surface area (TPSA) is 175 Å². The van der Waals surface area contributed by atoms with Crippen molar-refractivity contribution in [3.8, 4) is 0 Å². The van der Waals surface area contributed by atoms with E-state index in [1.54, 1.807) is 12.2 Å². The minimum Gasteiger partial charge on any atom is -0.454 e. The molecule has 1 heterocycles. The fourth-order valence-electron chi connectivity index (χ4n) is 8.02. The van der Waals surface area contributed by atoms with Crippen LogP contribution >= 0.6 is 0 Å². The van der Waals surface area contributed by atoms with E-state index in [-0.39, 0.29) is 19.4 Å². The maximum atomic E-state index is 13.3. The van der Waals surface area contributed by atoms with Crippen molar-refractivity contribution in [3.63, 3.8) is 0 Å². The third-order valence-corrected chi connectivity index (χ3v) is 12.5. The number of esters is 1. The van der Waals surface area contributed by atoms with Crippen LogP contribution in [0.5, 0.6) is 0 Å². The number of ether oxygens (including phenoxy) is 3. The molecule has 1 saturated heterocycles. The third-order valence-electron chi connectivity index (χ3n) is 12.5. The van der Waals surface area contributed by atoms with Crippen molar-refractivity contribution >= 4 is 11.9 Å². The minimum atomic E-state index is -1.65. The monoisotopic (exact) mass is 996 g/mol. The molecule has 0 spiro atoms. The van der Waals surface area contributed by atoms with Crippen LogP contribution < -0.4 is 5.32 Å². The highest BCUT2D eigenvalue weighted by molar-refractivity contribution is 5.81. The summed E-state index contributed by atoms with van der Waals surface area (Å²) in [4.78, 5) is 26.4. The Morgan fingerprint density at radius 1 is 0.563 bits per heavy atom. The molecule has 1 fully saturated rings. The lowest BCUT2D eigenvalue weighted by atomic mass is 9.99. The van der Waals surface area contributed by atoms with Crippen LogP contribution in [0.1, 0.15) is 207 Å². The molecule has 0 bridgehead atoms. The van der Waals surface area contributed by atoms with Gasteiger partial charge in [-0.25, -0.2) is 0 Å². The zero-order valence-corrected chi connectivity index (χ0v) is 44.6. The molecule has 8 unspecified atom stereocenters. The van der Waals surface area contributed by atoms with E-state index in [1.165, 1.54) is 89.9 Å². The van der Waals surface area contributed by atoms with Crippen LogP contribution in [0.2, 0.25) is 0 Å². The Hall–Kier alpha value is -3.42. The Morgan fingerprint density at radius 3 is 1.52 bits per heavy atom. The molecule has 1 aliphatic rings. The SMILES string of the molecule is CC/C=C\C/C=C\C/C=C\C/C=C\C/C=C\CCCC(=O)OC1C(OCC(NC(=O)C(O)C/C=C/C/C=C\CCCCCCCC)C(O)/C=C/CCCCCCCCCCCCC)OC(CO)C(O)C1O. The number of hydrogen-bond donors (Lipinski definition) is 6. The predicted molar refractivity (Wildman–Crippen MR) is 292 cm³/mol. The largest absolute Gasteiger partial charge is 0.454 e. The normalized spacial score (nSPS) is 20.4. The molecular weight excluding hydrogens is 895 g/mol. The van der Waals surface area contributed by atoms with Gasteiger partial charge in [0.15, 0.2) is 12.4 Å². The summed E-state index contributed by atoms with van der Waals surface area (Å²) in [7, 11) is 0. The Kier molecular flexibility index (Phi) is 44.0. The molecule has 8 atom stereocenters. The molecule has 1 rings (SSSR count). The number of rotatable bonds is 45. The molecule has 1 amide bonds. The minimum absolute atomic E-state index is 0.0346. The average Bonchev–Trinajstić information content (AvgIpc) is 3.37. The molecule has 0 aromatic rings. The lowest BCUT2D eigenvalue weighted by Crippen LogP contribution is -2.61. The fourth-order valence-corrected chi connectivity index (χ4v) is 8.02. The molecule has 0 radical (unpaired) electrons. The van der Waals surface area contributed by atoms with Crippen LogP contribution in [0.25, 0.3) is 0 Å². The van der Waals surface area contributed by atoms with Gasteiger partial charge in [0.2, 0.25) is 5.91 Å². The zero-order valence-electron chi connectivity index (χ0n) is 44.6. The number of aliphatic hydroxyl groups excluding tert-OH is 5. The second-order valence-corrected chi connectivity index (χ2v) is 18.9. The number of amides is 1. The number of unbranched alkanes of at least 4 members (excludes halogenated alkanes) is 18. The summed E-state index contributed by atoms with van der Waals surface area (Å²) in [6.07, 6.45) is 51.9. The summed E-state index contributed by atoms with van der Waals surface area (Å²) in [6, 6.07) is -1.07. The molecule has 71 heavy (non-hydrogen) atoms. The van der Waals surface area contributed by atoms with Gasteiger partial charge in [0.1, 0.15) is 24.4 Å². The fraction of sp³-hybridized carbons (Fsp3) is 0.700. The average molecular weight is 996 g/mol. The van der Waals surface area contributed by atoms with Gasteiger partial charge < -0.3 is 45.1 Å². The van der Waals surface area contributed by atoms with Crippen LogP contribution in [0.4, 0.5) is 0 Å². The van der Waals surface area contributed by atoms with E-state index in [2.05, 4.69) is 86.8 Å². The second kappa shape index (κ2) is 47.6. The van der Waals surface area contributed by atoms with E-state index in [0.717, 1.165) is 64.2 Å². The lowest BCUT2D eigenvalue weighted by molar-refractivity contribution is -0.305. The molecule has 406 valence electrons. The first-order valence-electron chi connectivity index (χ1n) is 28.0. The highest BCUT2D eigenvalue weighted by Gasteiger charge is 2.47. The molecular formula is C60H101NO10. The third kappa shape index (κ3) is 36.2. The van der Waals surface area contributed by atoms with Gasteiger partial charge in [-0.1, -0.05) is 214 Å². The Balaban J connectivity index is 2.82. The van der Waals surface area contributed by atoms with Gasteiger partial charge in [-0.3, -0.25) is 9.59 Å². The quantitative estimate of drug-likeness (QED) is 0.0196. The van der Waals surface area contributed by atoms with Crippen LogP contribution in [-0.2, 0) is 23.8 Å². The van der Waals surface area contributed by atoms with Crippen molar-refractivity contribution in [2.45, 2.75) is 256 Å². The van der Waals surface area contributed by atoms with Crippen molar-refractivity contribution in [1.29, 1.82) is 0 Å². The maximum absolute atomic E-state index is 13.3. The molecule has 0 aromatic carbocycles.